The average molecular weight is 301 g/mol. The Hall–Kier alpha value is -0.730. The maximum atomic E-state index is 6.14. The molecule has 0 saturated carbocycles. The first kappa shape index (κ1) is 13.7. The smallest absolute Gasteiger partial charge is 0.181 e. The summed E-state index contributed by atoms with van der Waals surface area (Å²) in [5, 5.41) is 13.6. The number of nitrogen functional groups attached to an aromatic ring is 1. The summed E-state index contributed by atoms with van der Waals surface area (Å²) in [5.74, 6) is 0.321. The van der Waals surface area contributed by atoms with E-state index >= 15 is 0 Å². The number of aromatic nitrogens is 4. The normalized spacial score (nSPS) is 11.4. The van der Waals surface area contributed by atoms with E-state index in [2.05, 4.69) is 29.1 Å². The van der Waals surface area contributed by atoms with Gasteiger partial charge in [0, 0.05) is 7.05 Å². The van der Waals surface area contributed by atoms with Gasteiger partial charge in [-0.3, -0.25) is 4.68 Å². The minimum Gasteiger partial charge on any atom is -0.395 e. The van der Waals surface area contributed by atoms with Crippen LogP contribution in [0.5, 0.6) is 0 Å². The number of aryl methyl sites for hydroxylation is 1. The molecule has 2 aromatic rings. The topological polar surface area (TPSA) is 69.6 Å². The Morgan fingerprint density at radius 3 is 2.44 bits per heavy atom. The second-order valence-corrected chi connectivity index (χ2v) is 7.29. The van der Waals surface area contributed by atoms with Crippen molar-refractivity contribution in [2.75, 3.05) is 12.0 Å². The number of hydrogen-bond acceptors (Lipinski definition) is 7. The summed E-state index contributed by atoms with van der Waals surface area (Å²) in [6, 6.07) is 0. The van der Waals surface area contributed by atoms with Crippen molar-refractivity contribution >= 4 is 40.5 Å². The van der Waals surface area contributed by atoms with Gasteiger partial charge in [0.2, 0.25) is 0 Å². The lowest BCUT2D eigenvalue weighted by Gasteiger charge is -2.01. The van der Waals surface area contributed by atoms with Crippen LogP contribution in [0, 0.1) is 0 Å². The highest BCUT2D eigenvalue weighted by Crippen LogP contribution is 2.38. The van der Waals surface area contributed by atoms with Crippen molar-refractivity contribution < 1.29 is 0 Å². The second kappa shape index (κ2) is 5.50. The van der Waals surface area contributed by atoms with Crippen LogP contribution in [0.25, 0.3) is 0 Å². The molecular formula is C10H15N5S3. The zero-order valence-electron chi connectivity index (χ0n) is 10.7. The van der Waals surface area contributed by atoms with E-state index in [4.69, 9.17) is 5.73 Å². The van der Waals surface area contributed by atoms with Crippen molar-refractivity contribution in [1.29, 1.82) is 0 Å². The van der Waals surface area contributed by atoms with Crippen LogP contribution in [0.15, 0.2) is 13.7 Å². The van der Waals surface area contributed by atoms with Crippen LogP contribution in [0.4, 0.5) is 5.69 Å². The quantitative estimate of drug-likeness (QED) is 0.876. The van der Waals surface area contributed by atoms with Gasteiger partial charge in [0.1, 0.15) is 5.03 Å². The fourth-order valence-corrected chi connectivity index (χ4v) is 3.93. The van der Waals surface area contributed by atoms with Gasteiger partial charge in [-0.05, 0) is 23.9 Å². The summed E-state index contributed by atoms with van der Waals surface area (Å²) in [6.45, 7) is 4.17. The van der Waals surface area contributed by atoms with E-state index in [0.29, 0.717) is 5.92 Å². The molecule has 0 spiro atoms. The summed E-state index contributed by atoms with van der Waals surface area (Å²) in [7, 11) is 1.90. The summed E-state index contributed by atoms with van der Waals surface area (Å²) in [5.41, 5.74) is 7.83. The van der Waals surface area contributed by atoms with Crippen LogP contribution in [0.1, 0.15) is 25.5 Å². The molecule has 0 aliphatic heterocycles. The molecule has 18 heavy (non-hydrogen) atoms. The van der Waals surface area contributed by atoms with Crippen LogP contribution in [0.3, 0.4) is 0 Å². The highest BCUT2D eigenvalue weighted by Gasteiger charge is 2.18. The summed E-state index contributed by atoms with van der Waals surface area (Å²) in [4.78, 5) is 0. The zero-order chi connectivity index (χ0) is 13.3. The third-order valence-corrected chi connectivity index (χ3v) is 5.48. The van der Waals surface area contributed by atoms with Gasteiger partial charge in [-0.25, -0.2) is 0 Å². The molecule has 0 atom stereocenters. The lowest BCUT2D eigenvalue weighted by atomic mass is 10.1. The molecule has 0 unspecified atom stereocenters. The van der Waals surface area contributed by atoms with Crippen LogP contribution in [-0.4, -0.2) is 26.2 Å². The molecule has 0 amide bonds. The number of nitrogens with two attached hydrogens (primary N) is 1. The first-order chi connectivity index (χ1) is 8.52. The maximum absolute atomic E-state index is 6.14. The van der Waals surface area contributed by atoms with E-state index in [-0.39, 0.29) is 0 Å². The molecule has 0 aliphatic rings. The molecule has 0 saturated heterocycles. The maximum Gasteiger partial charge on any atom is 0.181 e. The number of thioether (sulfide) groups is 1. The number of nitrogens with zero attached hydrogens (tertiary/aromatic N) is 4. The standard InChI is InChI=1S/C10H15N5S3/c1-5(2)7-6(11)8(15(3)14-7)17-10-13-12-9(16-4)18-10/h5H,11H2,1-4H3. The molecule has 5 nitrogen and oxygen atoms in total. The second-order valence-electron chi connectivity index (χ2n) is 4.02. The predicted octanol–water partition coefficient (Wildman–Crippen LogP) is 2.85. The van der Waals surface area contributed by atoms with Crippen LogP contribution in [-0.2, 0) is 7.05 Å². The van der Waals surface area contributed by atoms with Crippen molar-refractivity contribution in [1.82, 2.24) is 20.0 Å². The van der Waals surface area contributed by atoms with Crippen LogP contribution >= 0.6 is 34.9 Å². The van der Waals surface area contributed by atoms with Gasteiger partial charge in [-0.2, -0.15) is 5.10 Å². The minimum atomic E-state index is 0.321. The Morgan fingerprint density at radius 1 is 1.28 bits per heavy atom. The number of hydrogen-bond donors (Lipinski definition) is 1. The van der Waals surface area contributed by atoms with E-state index in [9.17, 15) is 0 Å². The van der Waals surface area contributed by atoms with Gasteiger partial charge < -0.3 is 5.73 Å². The molecule has 2 aromatic heterocycles. The Balaban J connectivity index is 2.28. The molecule has 0 radical (unpaired) electrons. The van der Waals surface area contributed by atoms with Gasteiger partial charge in [0.05, 0.1) is 11.4 Å². The fraction of sp³-hybridized carbons (Fsp3) is 0.500. The Kier molecular flexibility index (Phi) is 4.18. The van der Waals surface area contributed by atoms with Gasteiger partial charge in [-0.15, -0.1) is 10.2 Å². The molecule has 0 aromatic carbocycles. The highest BCUT2D eigenvalue weighted by atomic mass is 32.2. The number of anilines is 1. The zero-order valence-corrected chi connectivity index (χ0v) is 13.1. The summed E-state index contributed by atoms with van der Waals surface area (Å²) < 4.78 is 3.67. The van der Waals surface area contributed by atoms with E-state index in [1.807, 2.05) is 18.0 Å². The Morgan fingerprint density at radius 2 is 1.94 bits per heavy atom. The van der Waals surface area contributed by atoms with Crippen molar-refractivity contribution in [2.24, 2.45) is 7.05 Å². The molecule has 2 rings (SSSR count). The summed E-state index contributed by atoms with van der Waals surface area (Å²) in [6.07, 6.45) is 1.99. The van der Waals surface area contributed by atoms with Gasteiger partial charge in [0.25, 0.3) is 0 Å². The molecule has 0 bridgehead atoms. The largest absolute Gasteiger partial charge is 0.395 e. The third kappa shape index (κ3) is 2.65. The minimum absolute atomic E-state index is 0.321. The van der Waals surface area contributed by atoms with E-state index < -0.39 is 0 Å². The van der Waals surface area contributed by atoms with Crippen molar-refractivity contribution in [3.8, 4) is 0 Å². The van der Waals surface area contributed by atoms with Crippen molar-refractivity contribution in [3.05, 3.63) is 5.69 Å². The van der Waals surface area contributed by atoms with Crippen LogP contribution < -0.4 is 5.73 Å². The van der Waals surface area contributed by atoms with E-state index in [1.54, 1.807) is 23.1 Å². The molecule has 2 heterocycles. The SMILES string of the molecule is CSc1nnc(Sc2c(N)c(C(C)C)nn2C)s1. The molecule has 2 N–H and O–H groups in total. The Labute approximate surface area is 119 Å². The average Bonchev–Trinajstić information content (AvgIpc) is 2.88. The van der Waals surface area contributed by atoms with E-state index in [0.717, 1.165) is 25.1 Å². The first-order valence-corrected chi connectivity index (χ1v) is 8.26. The molecule has 0 fully saturated rings. The fourth-order valence-electron chi connectivity index (χ4n) is 1.50. The van der Waals surface area contributed by atoms with Crippen LogP contribution in [0.2, 0.25) is 0 Å². The van der Waals surface area contributed by atoms with Crippen molar-refractivity contribution in [3.63, 3.8) is 0 Å². The Bertz CT molecular complexity index is 546. The van der Waals surface area contributed by atoms with E-state index in [1.165, 1.54) is 11.8 Å². The van der Waals surface area contributed by atoms with Gasteiger partial charge >= 0.3 is 0 Å². The molecule has 8 heteroatoms. The lowest BCUT2D eigenvalue weighted by molar-refractivity contribution is 0.670. The predicted molar refractivity (Wildman–Crippen MR) is 77.5 cm³/mol. The summed E-state index contributed by atoms with van der Waals surface area (Å²) >= 11 is 4.69. The van der Waals surface area contributed by atoms with Crippen molar-refractivity contribution in [2.45, 2.75) is 33.5 Å². The molecular weight excluding hydrogens is 286 g/mol. The van der Waals surface area contributed by atoms with Gasteiger partial charge in [-0.1, -0.05) is 36.9 Å². The van der Waals surface area contributed by atoms with Gasteiger partial charge in [0.15, 0.2) is 8.68 Å². The third-order valence-electron chi connectivity index (χ3n) is 2.35. The number of rotatable bonds is 4. The lowest BCUT2D eigenvalue weighted by Crippen LogP contribution is -1.94. The molecule has 0 aliphatic carbocycles. The monoisotopic (exact) mass is 301 g/mol. The highest BCUT2D eigenvalue weighted by molar-refractivity contribution is 8.03. The first-order valence-electron chi connectivity index (χ1n) is 5.40. The molecule has 98 valence electrons.